The zero-order chi connectivity index (χ0) is 26.7. The van der Waals surface area contributed by atoms with Crippen LogP contribution in [0.3, 0.4) is 0 Å². The van der Waals surface area contributed by atoms with E-state index in [4.69, 9.17) is 0 Å². The molecule has 0 fully saturated rings. The van der Waals surface area contributed by atoms with Gasteiger partial charge in [0.25, 0.3) is 0 Å². The highest BCUT2D eigenvalue weighted by atomic mass is 16.3. The van der Waals surface area contributed by atoms with Crippen LogP contribution in [0.2, 0.25) is 0 Å². The average molecular weight is 473 g/mol. The first-order valence-electron chi connectivity index (χ1n) is 11.5. The third kappa shape index (κ3) is 6.12. The Balaban J connectivity index is 3.00. The number of ketones is 1. The summed E-state index contributed by atoms with van der Waals surface area (Å²) in [6, 6.07) is 7.94. The van der Waals surface area contributed by atoms with Crippen molar-refractivity contribution in [1.82, 2.24) is 0 Å². The molecule has 34 heavy (non-hydrogen) atoms. The molecule has 0 heterocycles. The Hall–Kier alpha value is -2.09. The maximum absolute atomic E-state index is 14.1. The van der Waals surface area contributed by atoms with E-state index in [0.717, 1.165) is 0 Å². The van der Waals surface area contributed by atoms with E-state index >= 15 is 0 Å². The molecule has 5 N–H and O–H groups in total. The van der Waals surface area contributed by atoms with Crippen LogP contribution in [0.25, 0.3) is 0 Å². The van der Waals surface area contributed by atoms with Gasteiger partial charge in [-0.25, -0.2) is 0 Å². The average Bonchev–Trinajstić information content (AvgIpc) is 2.62. The molecule has 0 aliphatic carbocycles. The summed E-state index contributed by atoms with van der Waals surface area (Å²) < 4.78 is 0. The molecule has 2 aromatic carbocycles. The number of hydrogen-bond acceptors (Lipinski definition) is 6. The number of carbonyl (C=O) groups excluding carboxylic acids is 1. The minimum absolute atomic E-state index is 0.114. The van der Waals surface area contributed by atoms with Gasteiger partial charge in [0.05, 0.1) is 28.0 Å². The first kappa shape index (κ1) is 28.1. The van der Waals surface area contributed by atoms with Gasteiger partial charge < -0.3 is 25.5 Å². The molecular formula is C28H40O6. The van der Waals surface area contributed by atoms with Crippen molar-refractivity contribution >= 4 is 5.78 Å². The van der Waals surface area contributed by atoms with E-state index in [9.17, 15) is 30.3 Å². The second-order valence-corrected chi connectivity index (χ2v) is 11.9. The zero-order valence-corrected chi connectivity index (χ0v) is 22.0. The summed E-state index contributed by atoms with van der Waals surface area (Å²) >= 11 is 0. The molecule has 6 heteroatoms. The highest BCUT2D eigenvalue weighted by molar-refractivity contribution is 6.11. The lowest BCUT2D eigenvalue weighted by molar-refractivity contribution is 0.0617. The van der Waals surface area contributed by atoms with Crippen LogP contribution in [0.1, 0.15) is 113 Å². The van der Waals surface area contributed by atoms with Gasteiger partial charge in [-0.3, -0.25) is 4.79 Å². The van der Waals surface area contributed by atoms with E-state index in [2.05, 4.69) is 0 Å². The fourth-order valence-corrected chi connectivity index (χ4v) is 3.81. The van der Waals surface area contributed by atoms with Crippen molar-refractivity contribution in [2.45, 2.75) is 97.2 Å². The van der Waals surface area contributed by atoms with Crippen molar-refractivity contribution in [3.05, 3.63) is 69.3 Å². The smallest absolute Gasteiger partial charge is 0.193 e. The van der Waals surface area contributed by atoms with Crippen LogP contribution in [0.4, 0.5) is 0 Å². The maximum atomic E-state index is 14.1. The Bertz CT molecular complexity index is 1010. The van der Waals surface area contributed by atoms with Gasteiger partial charge in [-0.2, -0.15) is 0 Å². The normalized spacial score (nSPS) is 13.9. The molecule has 0 radical (unpaired) electrons. The summed E-state index contributed by atoms with van der Waals surface area (Å²) in [5.74, 6) is -0.479. The lowest BCUT2D eigenvalue weighted by atomic mass is 9.77. The summed E-state index contributed by atoms with van der Waals surface area (Å²) in [5.41, 5.74) is -4.63. The molecule has 0 unspecified atom stereocenters. The Kier molecular flexibility index (Phi) is 7.07. The van der Waals surface area contributed by atoms with E-state index in [1.54, 1.807) is 71.9 Å². The van der Waals surface area contributed by atoms with Crippen molar-refractivity contribution < 1.29 is 30.3 Å². The summed E-state index contributed by atoms with van der Waals surface area (Å²) in [4.78, 5) is 14.1. The minimum Gasteiger partial charge on any atom is -0.386 e. The third-order valence-corrected chi connectivity index (χ3v) is 6.00. The maximum Gasteiger partial charge on any atom is 0.193 e. The van der Waals surface area contributed by atoms with Crippen molar-refractivity contribution in [3.8, 4) is 0 Å². The quantitative estimate of drug-likeness (QED) is 0.388. The standard InChI is InChI=1S/C28H40O6/c1-24(2,30)17-11-16(12-18(13-17)25(3,4)31)23(29)22-20(27(7,8)33)14-19(26(5,6)32)15-21(22)28(9,10)34/h11-15,30-34H,1-10H3. The van der Waals surface area contributed by atoms with Gasteiger partial charge in [0.1, 0.15) is 0 Å². The van der Waals surface area contributed by atoms with E-state index in [1.165, 1.54) is 27.7 Å². The topological polar surface area (TPSA) is 118 Å². The number of aliphatic hydroxyl groups is 5. The Morgan fingerprint density at radius 1 is 0.500 bits per heavy atom. The van der Waals surface area contributed by atoms with Gasteiger partial charge in [0.2, 0.25) is 0 Å². The molecular weight excluding hydrogens is 432 g/mol. The molecule has 0 aliphatic rings. The molecule has 0 saturated carbocycles. The molecule has 0 aromatic heterocycles. The summed E-state index contributed by atoms with van der Waals surface area (Å²) in [7, 11) is 0. The highest BCUT2D eigenvalue weighted by Gasteiger charge is 2.35. The molecule has 2 aromatic rings. The second-order valence-electron chi connectivity index (χ2n) is 11.9. The number of benzene rings is 2. The molecule has 0 aliphatic heterocycles. The molecule has 0 amide bonds. The summed E-state index contributed by atoms with van der Waals surface area (Å²) in [6.07, 6.45) is 0. The van der Waals surface area contributed by atoms with E-state index < -0.39 is 33.8 Å². The van der Waals surface area contributed by atoms with Crippen LogP contribution in [0.15, 0.2) is 30.3 Å². The van der Waals surface area contributed by atoms with Gasteiger partial charge in [0.15, 0.2) is 5.78 Å². The van der Waals surface area contributed by atoms with Crippen molar-refractivity contribution in [3.63, 3.8) is 0 Å². The summed E-state index contributed by atoms with van der Waals surface area (Å²) in [5, 5.41) is 54.0. The minimum atomic E-state index is -1.47. The fraction of sp³-hybridized carbons (Fsp3) is 0.536. The molecule has 0 atom stereocenters. The van der Waals surface area contributed by atoms with Crippen LogP contribution in [-0.2, 0) is 28.0 Å². The van der Waals surface area contributed by atoms with Crippen LogP contribution in [0, 0.1) is 0 Å². The first-order chi connectivity index (χ1) is 14.9. The monoisotopic (exact) mass is 472 g/mol. The second kappa shape index (κ2) is 8.54. The molecule has 2 rings (SSSR count). The SMILES string of the molecule is CC(C)(O)c1cc(C(=O)c2c(C(C)(C)O)cc(C(C)(C)O)cc2C(C)(C)O)cc(C(C)(C)O)c1. The predicted octanol–water partition coefficient (Wildman–Crippen LogP) is 4.05. The van der Waals surface area contributed by atoms with Gasteiger partial charge in [0, 0.05) is 11.1 Å². The van der Waals surface area contributed by atoms with Crippen molar-refractivity contribution in [2.24, 2.45) is 0 Å². The van der Waals surface area contributed by atoms with Gasteiger partial charge in [-0.1, -0.05) is 6.07 Å². The van der Waals surface area contributed by atoms with E-state index in [1.807, 2.05) is 0 Å². The lowest BCUT2D eigenvalue weighted by Gasteiger charge is -2.32. The van der Waals surface area contributed by atoms with Gasteiger partial charge in [-0.15, -0.1) is 0 Å². The van der Waals surface area contributed by atoms with Gasteiger partial charge in [-0.05, 0) is 121 Å². The van der Waals surface area contributed by atoms with Crippen molar-refractivity contribution in [2.75, 3.05) is 0 Å². The largest absolute Gasteiger partial charge is 0.386 e. The highest BCUT2D eigenvalue weighted by Crippen LogP contribution is 2.38. The lowest BCUT2D eigenvalue weighted by Crippen LogP contribution is -2.30. The number of rotatable bonds is 7. The van der Waals surface area contributed by atoms with Crippen LogP contribution >= 0.6 is 0 Å². The van der Waals surface area contributed by atoms with Gasteiger partial charge >= 0.3 is 0 Å². The van der Waals surface area contributed by atoms with E-state index in [0.29, 0.717) is 16.7 Å². The molecule has 6 nitrogen and oxygen atoms in total. The molecule has 188 valence electrons. The van der Waals surface area contributed by atoms with Crippen LogP contribution in [-0.4, -0.2) is 31.3 Å². The zero-order valence-electron chi connectivity index (χ0n) is 22.0. The van der Waals surface area contributed by atoms with Crippen molar-refractivity contribution in [1.29, 1.82) is 0 Å². The molecule has 0 bridgehead atoms. The number of carbonyl (C=O) groups is 1. The molecule has 0 spiro atoms. The Morgan fingerprint density at radius 3 is 1.06 bits per heavy atom. The van der Waals surface area contributed by atoms with E-state index in [-0.39, 0.29) is 22.3 Å². The Labute approximate surface area is 202 Å². The molecule has 0 saturated heterocycles. The first-order valence-corrected chi connectivity index (χ1v) is 11.5. The predicted molar refractivity (Wildman–Crippen MR) is 133 cm³/mol. The fourth-order valence-electron chi connectivity index (χ4n) is 3.81. The summed E-state index contributed by atoms with van der Waals surface area (Å²) in [6.45, 7) is 15.7. The van der Waals surface area contributed by atoms with Crippen LogP contribution in [0.5, 0.6) is 0 Å². The Morgan fingerprint density at radius 2 is 0.794 bits per heavy atom. The van der Waals surface area contributed by atoms with Crippen LogP contribution < -0.4 is 0 Å². The third-order valence-electron chi connectivity index (χ3n) is 6.00. The number of hydrogen-bond donors (Lipinski definition) is 5.